The van der Waals surface area contributed by atoms with E-state index in [-0.39, 0.29) is 17.8 Å². The minimum Gasteiger partial charge on any atom is -0.384 e. The predicted molar refractivity (Wildman–Crippen MR) is 78.6 cm³/mol. The third-order valence-electron chi connectivity index (χ3n) is 4.32. The number of hydrogen-bond acceptors (Lipinski definition) is 3. The minimum atomic E-state index is -0.187. The van der Waals surface area contributed by atoms with E-state index in [0.717, 1.165) is 52.0 Å². The van der Waals surface area contributed by atoms with Crippen molar-refractivity contribution >= 4 is 18.3 Å². The Labute approximate surface area is 122 Å². The molecule has 2 aliphatic rings. The van der Waals surface area contributed by atoms with Crippen molar-refractivity contribution in [2.24, 2.45) is 11.3 Å². The van der Waals surface area contributed by atoms with Crippen molar-refractivity contribution in [2.75, 3.05) is 39.9 Å². The Kier molecular flexibility index (Phi) is 6.57. The molecule has 5 heteroatoms. The van der Waals surface area contributed by atoms with Crippen LogP contribution in [0.15, 0.2) is 0 Å². The topological polar surface area (TPSA) is 41.6 Å². The average molecular weight is 291 g/mol. The molecule has 4 nitrogen and oxygen atoms in total. The van der Waals surface area contributed by atoms with Crippen LogP contribution in [0.25, 0.3) is 0 Å². The first-order valence-electron chi connectivity index (χ1n) is 7.15. The highest BCUT2D eigenvalue weighted by Crippen LogP contribution is 2.30. The van der Waals surface area contributed by atoms with Crippen molar-refractivity contribution in [1.82, 2.24) is 10.2 Å². The highest BCUT2D eigenvalue weighted by atomic mass is 35.5. The third-order valence-corrected chi connectivity index (χ3v) is 4.32. The molecule has 112 valence electrons. The molecule has 0 aromatic carbocycles. The number of carbonyl (C=O) groups excluding carboxylic acids is 1. The number of ether oxygens (including phenoxy) is 1. The fourth-order valence-electron chi connectivity index (χ4n) is 3.24. The second-order valence-electron chi connectivity index (χ2n) is 6.06. The monoisotopic (exact) mass is 290 g/mol. The molecule has 0 aromatic rings. The lowest BCUT2D eigenvalue weighted by Gasteiger charge is -2.40. The molecule has 2 unspecified atom stereocenters. The molecule has 2 heterocycles. The van der Waals surface area contributed by atoms with E-state index in [0.29, 0.717) is 11.8 Å². The number of methoxy groups -OCH3 is 1. The van der Waals surface area contributed by atoms with Gasteiger partial charge in [0.05, 0.1) is 12.0 Å². The molecule has 2 rings (SSSR count). The molecule has 2 atom stereocenters. The fourth-order valence-corrected chi connectivity index (χ4v) is 3.24. The largest absolute Gasteiger partial charge is 0.384 e. The molecule has 2 fully saturated rings. The predicted octanol–water partition coefficient (Wildman–Crippen LogP) is 1.68. The van der Waals surface area contributed by atoms with E-state index >= 15 is 0 Å². The molecule has 0 aliphatic carbocycles. The normalized spacial score (nSPS) is 31.7. The standard InChI is InChI=1S/C14H26N2O2.ClH/c1-14(6-4-7-15-11-14)13(17)16-8-3-5-12(9-16)10-18-2;/h12,15H,3-11H2,1-2H3;1H. The summed E-state index contributed by atoms with van der Waals surface area (Å²) < 4.78 is 5.23. The van der Waals surface area contributed by atoms with Crippen LogP contribution in [0.3, 0.4) is 0 Å². The summed E-state index contributed by atoms with van der Waals surface area (Å²) >= 11 is 0. The van der Waals surface area contributed by atoms with Crippen LogP contribution in [0, 0.1) is 11.3 Å². The number of likely N-dealkylation sites (tertiary alicyclic amines) is 1. The Hall–Kier alpha value is -0.320. The van der Waals surface area contributed by atoms with E-state index in [4.69, 9.17) is 4.74 Å². The van der Waals surface area contributed by atoms with Gasteiger partial charge in [-0.05, 0) is 45.1 Å². The maximum atomic E-state index is 12.7. The summed E-state index contributed by atoms with van der Waals surface area (Å²) in [5, 5.41) is 3.36. The Balaban J connectivity index is 0.00000180. The van der Waals surface area contributed by atoms with E-state index in [2.05, 4.69) is 17.1 Å². The first-order chi connectivity index (χ1) is 8.65. The molecule has 19 heavy (non-hydrogen) atoms. The lowest BCUT2D eigenvalue weighted by atomic mass is 9.80. The van der Waals surface area contributed by atoms with Gasteiger partial charge >= 0.3 is 0 Å². The van der Waals surface area contributed by atoms with Gasteiger partial charge in [0.15, 0.2) is 0 Å². The van der Waals surface area contributed by atoms with Gasteiger partial charge < -0.3 is 15.0 Å². The molecule has 1 N–H and O–H groups in total. The highest BCUT2D eigenvalue weighted by molar-refractivity contribution is 5.85. The van der Waals surface area contributed by atoms with Crippen molar-refractivity contribution < 1.29 is 9.53 Å². The Morgan fingerprint density at radius 3 is 2.89 bits per heavy atom. The maximum Gasteiger partial charge on any atom is 0.229 e. The summed E-state index contributed by atoms with van der Waals surface area (Å²) in [5.74, 6) is 0.864. The second-order valence-corrected chi connectivity index (χ2v) is 6.06. The van der Waals surface area contributed by atoms with Crippen LogP contribution in [0.1, 0.15) is 32.6 Å². The Morgan fingerprint density at radius 1 is 1.47 bits per heavy atom. The van der Waals surface area contributed by atoms with Crippen molar-refractivity contribution in [2.45, 2.75) is 32.6 Å². The SMILES string of the molecule is COCC1CCCN(C(=O)C2(C)CCCNC2)C1.Cl. The zero-order chi connectivity index (χ0) is 13.0. The van der Waals surface area contributed by atoms with Crippen LogP contribution in [-0.4, -0.2) is 50.7 Å². The lowest BCUT2D eigenvalue weighted by molar-refractivity contribution is -0.144. The number of nitrogens with one attached hydrogen (secondary N) is 1. The third kappa shape index (κ3) is 4.07. The van der Waals surface area contributed by atoms with Crippen molar-refractivity contribution in [3.8, 4) is 0 Å². The van der Waals surface area contributed by atoms with Crippen LogP contribution >= 0.6 is 12.4 Å². The summed E-state index contributed by atoms with van der Waals surface area (Å²) in [5.41, 5.74) is -0.187. The lowest BCUT2D eigenvalue weighted by Crippen LogP contribution is -2.52. The van der Waals surface area contributed by atoms with E-state index in [1.54, 1.807) is 7.11 Å². The van der Waals surface area contributed by atoms with Gasteiger partial charge in [-0.25, -0.2) is 0 Å². The van der Waals surface area contributed by atoms with Crippen LogP contribution in [0.4, 0.5) is 0 Å². The van der Waals surface area contributed by atoms with Crippen LogP contribution < -0.4 is 5.32 Å². The van der Waals surface area contributed by atoms with Crippen LogP contribution in [-0.2, 0) is 9.53 Å². The smallest absolute Gasteiger partial charge is 0.229 e. The van der Waals surface area contributed by atoms with E-state index in [1.807, 2.05) is 0 Å². The van der Waals surface area contributed by atoms with E-state index < -0.39 is 0 Å². The van der Waals surface area contributed by atoms with Crippen LogP contribution in [0.2, 0.25) is 0 Å². The molecule has 0 spiro atoms. The molecule has 0 aromatic heterocycles. The number of nitrogens with zero attached hydrogens (tertiary/aromatic N) is 1. The summed E-state index contributed by atoms with van der Waals surface area (Å²) in [6.45, 7) is 6.57. The maximum absolute atomic E-state index is 12.7. The summed E-state index contributed by atoms with van der Waals surface area (Å²) in [4.78, 5) is 14.7. The molecule has 0 bridgehead atoms. The van der Waals surface area contributed by atoms with Gasteiger partial charge in [0.1, 0.15) is 0 Å². The van der Waals surface area contributed by atoms with Crippen LogP contribution in [0.5, 0.6) is 0 Å². The molecule has 1 amide bonds. The first-order valence-corrected chi connectivity index (χ1v) is 7.15. The Morgan fingerprint density at radius 2 is 2.26 bits per heavy atom. The minimum absolute atomic E-state index is 0. The van der Waals surface area contributed by atoms with Crippen molar-refractivity contribution in [1.29, 1.82) is 0 Å². The van der Waals surface area contributed by atoms with Gasteiger partial charge in [0, 0.05) is 26.7 Å². The van der Waals surface area contributed by atoms with Gasteiger partial charge in [0.2, 0.25) is 5.91 Å². The zero-order valence-electron chi connectivity index (χ0n) is 12.1. The van der Waals surface area contributed by atoms with Gasteiger partial charge in [0.25, 0.3) is 0 Å². The van der Waals surface area contributed by atoms with Crippen molar-refractivity contribution in [3.63, 3.8) is 0 Å². The molecule has 2 aliphatic heterocycles. The zero-order valence-corrected chi connectivity index (χ0v) is 12.9. The fraction of sp³-hybridized carbons (Fsp3) is 0.929. The molecule has 0 radical (unpaired) electrons. The van der Waals surface area contributed by atoms with Gasteiger partial charge in [-0.1, -0.05) is 0 Å². The number of piperidine rings is 2. The van der Waals surface area contributed by atoms with E-state index in [9.17, 15) is 4.79 Å². The van der Waals surface area contributed by atoms with E-state index in [1.165, 1.54) is 6.42 Å². The van der Waals surface area contributed by atoms with Crippen molar-refractivity contribution in [3.05, 3.63) is 0 Å². The number of amides is 1. The van der Waals surface area contributed by atoms with Gasteiger partial charge in [-0.15, -0.1) is 12.4 Å². The van der Waals surface area contributed by atoms with Gasteiger partial charge in [-0.2, -0.15) is 0 Å². The summed E-state index contributed by atoms with van der Waals surface area (Å²) in [7, 11) is 1.74. The molecule has 2 saturated heterocycles. The Bertz CT molecular complexity index is 291. The second kappa shape index (κ2) is 7.46. The quantitative estimate of drug-likeness (QED) is 0.860. The van der Waals surface area contributed by atoms with Gasteiger partial charge in [-0.3, -0.25) is 4.79 Å². The summed E-state index contributed by atoms with van der Waals surface area (Å²) in [6, 6.07) is 0. The highest BCUT2D eigenvalue weighted by Gasteiger charge is 2.39. The first kappa shape index (κ1) is 16.7. The number of hydrogen-bond donors (Lipinski definition) is 1. The number of carbonyl (C=O) groups is 1. The average Bonchev–Trinajstić information content (AvgIpc) is 2.39. The summed E-state index contributed by atoms with van der Waals surface area (Å²) in [6.07, 6.45) is 4.43. The molecular formula is C14H27ClN2O2. The molecular weight excluding hydrogens is 264 g/mol. The number of rotatable bonds is 3. The molecule has 0 saturated carbocycles. The number of halogens is 1.